The monoisotopic (exact) mass is 1100 g/mol. The van der Waals surface area contributed by atoms with Gasteiger partial charge < -0.3 is 28.8 Å². The number of nitrogens with one attached hydrogen (secondary N) is 1. The second kappa shape index (κ2) is 59.1. The number of aliphatic hydroxyl groups excluding tert-OH is 1. The number of unbranched alkanes of at least 4 members (excludes halogenated alkanes) is 41. The van der Waals surface area contributed by atoms with Gasteiger partial charge in [0.15, 0.2) is 0 Å². The molecule has 0 saturated carbocycles. The zero-order valence-corrected chi connectivity index (χ0v) is 52.8. The first-order valence-corrected chi connectivity index (χ1v) is 34.9. The third-order valence-corrected chi connectivity index (χ3v) is 16.3. The lowest BCUT2D eigenvalue weighted by atomic mass is 10.0. The van der Waals surface area contributed by atoms with E-state index in [-0.39, 0.29) is 19.1 Å². The normalized spacial score (nSPS) is 14.0. The van der Waals surface area contributed by atoms with Gasteiger partial charge in [0.1, 0.15) is 13.2 Å². The molecule has 0 bridgehead atoms. The molecule has 0 aromatic heterocycles. The van der Waals surface area contributed by atoms with E-state index in [0.717, 1.165) is 64.2 Å². The molecule has 0 aliphatic carbocycles. The van der Waals surface area contributed by atoms with Crippen molar-refractivity contribution in [1.29, 1.82) is 0 Å². The van der Waals surface area contributed by atoms with Gasteiger partial charge in [0.2, 0.25) is 5.91 Å². The van der Waals surface area contributed by atoms with Gasteiger partial charge in [-0.25, -0.2) is 0 Å². The van der Waals surface area contributed by atoms with E-state index in [4.69, 9.17) is 9.05 Å². The first-order chi connectivity index (χ1) is 37.5. The van der Waals surface area contributed by atoms with Crippen molar-refractivity contribution in [3.05, 3.63) is 48.6 Å². The number of carbonyl (C=O) groups excluding carboxylic acids is 1. The van der Waals surface area contributed by atoms with Crippen molar-refractivity contribution < 1.29 is 32.9 Å². The maximum atomic E-state index is 13.0. The molecule has 8 nitrogen and oxygen atoms in total. The molecule has 0 aromatic carbocycles. The van der Waals surface area contributed by atoms with Crippen LogP contribution in [0.15, 0.2) is 48.6 Å². The molecule has 454 valence electrons. The third kappa shape index (κ3) is 61.9. The Hall–Kier alpha value is -1.54. The van der Waals surface area contributed by atoms with Crippen molar-refractivity contribution in [1.82, 2.24) is 5.32 Å². The van der Waals surface area contributed by atoms with Crippen molar-refractivity contribution >= 4 is 13.7 Å². The van der Waals surface area contributed by atoms with Gasteiger partial charge in [0.25, 0.3) is 7.82 Å². The summed E-state index contributed by atoms with van der Waals surface area (Å²) in [6.45, 7) is 4.65. The largest absolute Gasteiger partial charge is 0.756 e. The molecular weight excluding hydrogens is 972 g/mol. The Morgan fingerprint density at radius 1 is 0.468 bits per heavy atom. The van der Waals surface area contributed by atoms with Crippen LogP contribution in [-0.2, 0) is 18.4 Å². The number of rotatable bonds is 62. The van der Waals surface area contributed by atoms with Gasteiger partial charge in [-0.15, -0.1) is 0 Å². The summed E-state index contributed by atoms with van der Waals surface area (Å²) in [5, 5.41) is 14.1. The molecule has 2 N–H and O–H groups in total. The predicted molar refractivity (Wildman–Crippen MR) is 334 cm³/mol. The number of hydrogen-bond acceptors (Lipinski definition) is 6. The molecule has 77 heavy (non-hydrogen) atoms. The number of phosphoric ester groups is 1. The van der Waals surface area contributed by atoms with Gasteiger partial charge in [0.05, 0.1) is 39.9 Å². The second-order valence-corrected chi connectivity index (χ2v) is 25.6. The molecule has 0 rings (SSSR count). The molecule has 0 heterocycles. The molecule has 0 aromatic rings. The molecule has 3 atom stereocenters. The Kier molecular flexibility index (Phi) is 57.9. The van der Waals surface area contributed by atoms with Crippen molar-refractivity contribution in [2.75, 3.05) is 40.9 Å². The van der Waals surface area contributed by atoms with Gasteiger partial charge in [0, 0.05) is 6.42 Å². The van der Waals surface area contributed by atoms with E-state index < -0.39 is 20.0 Å². The van der Waals surface area contributed by atoms with E-state index in [2.05, 4.69) is 67.8 Å². The van der Waals surface area contributed by atoms with Gasteiger partial charge >= 0.3 is 0 Å². The molecule has 3 unspecified atom stereocenters. The Balaban J connectivity index is 3.93. The smallest absolute Gasteiger partial charge is 0.268 e. The van der Waals surface area contributed by atoms with Crippen LogP contribution in [0.2, 0.25) is 0 Å². The second-order valence-electron chi connectivity index (χ2n) is 24.2. The first kappa shape index (κ1) is 75.5. The summed E-state index contributed by atoms with van der Waals surface area (Å²) in [6, 6.07) is -0.799. The SMILES string of the molecule is CC/C=C\C/C=C\C/C=C\C/C=C\CCCCCCCCCCCCCCCCCCCCCCCCCCC(=O)NC(COP(=O)([O-])OCC[N+](C)(C)C)C(O)CCCCCCCCCCCCCCCCCCCC. The fourth-order valence-corrected chi connectivity index (χ4v) is 10.9. The Morgan fingerprint density at radius 3 is 1.16 bits per heavy atom. The van der Waals surface area contributed by atoms with Crippen molar-refractivity contribution in [3.63, 3.8) is 0 Å². The number of amides is 1. The summed E-state index contributed by atoms with van der Waals surface area (Å²) in [5.41, 5.74) is 0. The fraction of sp³-hybridized carbons (Fsp3) is 0.868. The molecule has 1 amide bonds. The number of aliphatic hydroxyl groups is 1. The lowest BCUT2D eigenvalue weighted by molar-refractivity contribution is -0.870. The summed E-state index contributed by atoms with van der Waals surface area (Å²) in [4.78, 5) is 25.6. The van der Waals surface area contributed by atoms with Crippen LogP contribution in [0, 0.1) is 0 Å². The molecule has 0 aliphatic heterocycles. The van der Waals surface area contributed by atoms with Crippen LogP contribution in [0.1, 0.15) is 328 Å². The van der Waals surface area contributed by atoms with Crippen molar-refractivity contribution in [2.45, 2.75) is 341 Å². The number of likely N-dealkylation sites (N-methyl/N-ethyl adjacent to an activating group) is 1. The summed E-state index contributed by atoms with van der Waals surface area (Å²) in [6.07, 6.45) is 79.0. The molecule has 0 saturated heterocycles. The van der Waals surface area contributed by atoms with E-state index >= 15 is 0 Å². The van der Waals surface area contributed by atoms with Gasteiger partial charge in [-0.1, -0.05) is 319 Å². The first-order valence-electron chi connectivity index (χ1n) is 33.5. The van der Waals surface area contributed by atoms with Crippen LogP contribution in [0.3, 0.4) is 0 Å². The number of quaternary nitrogens is 1. The molecular formula is C68H131N2O6P. The van der Waals surface area contributed by atoms with Crippen LogP contribution < -0.4 is 10.2 Å². The van der Waals surface area contributed by atoms with E-state index in [1.54, 1.807) is 0 Å². The quantitative estimate of drug-likeness (QED) is 0.0272. The standard InChI is InChI=1S/C68H131N2O6P/c1-6-8-10-12-14-16-18-20-22-24-26-27-28-29-30-31-32-33-34-35-36-37-38-39-40-41-42-43-44-46-48-50-52-54-56-58-60-62-68(72)69-66(65-76-77(73,74)75-64-63-70(3,4)5)67(71)61-59-57-55-53-51-49-47-45-25-23-21-19-17-15-13-11-9-7-2/h8,10,14,16,20,22,26-27,66-67,71H,6-7,9,11-13,15,17-19,21,23-25,28-65H2,1-5H3,(H-,69,72,73,74)/b10-8-,16-14-,22-20-,27-26-. The van der Waals surface area contributed by atoms with Crippen molar-refractivity contribution in [3.8, 4) is 0 Å². The minimum atomic E-state index is -4.57. The average molecular weight is 1100 g/mol. The number of hydrogen-bond donors (Lipinski definition) is 2. The van der Waals surface area contributed by atoms with Crippen LogP contribution in [0.25, 0.3) is 0 Å². The maximum Gasteiger partial charge on any atom is 0.268 e. The Bertz CT molecular complexity index is 1390. The molecule has 9 heteroatoms. The zero-order chi connectivity index (χ0) is 56.3. The molecule has 0 aliphatic rings. The van der Waals surface area contributed by atoms with E-state index in [9.17, 15) is 19.4 Å². The summed E-state index contributed by atoms with van der Waals surface area (Å²) in [7, 11) is 1.32. The maximum absolute atomic E-state index is 13.0. The van der Waals surface area contributed by atoms with Crippen molar-refractivity contribution in [2.24, 2.45) is 0 Å². The topological polar surface area (TPSA) is 108 Å². The summed E-state index contributed by atoms with van der Waals surface area (Å²) in [5.74, 6) is -0.158. The number of phosphoric acid groups is 1. The summed E-state index contributed by atoms with van der Waals surface area (Å²) < 4.78 is 23.5. The van der Waals surface area contributed by atoms with Gasteiger partial charge in [-0.05, 0) is 51.4 Å². The average Bonchev–Trinajstić information content (AvgIpc) is 3.39. The highest BCUT2D eigenvalue weighted by molar-refractivity contribution is 7.45. The fourth-order valence-electron chi connectivity index (χ4n) is 10.2. The van der Waals surface area contributed by atoms with Gasteiger partial charge in [-0.2, -0.15) is 0 Å². The highest BCUT2D eigenvalue weighted by Gasteiger charge is 2.24. The third-order valence-electron chi connectivity index (χ3n) is 15.3. The zero-order valence-electron chi connectivity index (χ0n) is 51.9. The predicted octanol–water partition coefficient (Wildman–Crippen LogP) is 20.4. The van der Waals surface area contributed by atoms with E-state index in [1.807, 2.05) is 21.1 Å². The minimum Gasteiger partial charge on any atom is -0.756 e. The summed E-state index contributed by atoms with van der Waals surface area (Å²) >= 11 is 0. The van der Waals surface area contributed by atoms with E-state index in [0.29, 0.717) is 23.9 Å². The van der Waals surface area contributed by atoms with Gasteiger partial charge in [-0.3, -0.25) is 9.36 Å². The molecule has 0 spiro atoms. The lowest BCUT2D eigenvalue weighted by Crippen LogP contribution is -2.46. The van der Waals surface area contributed by atoms with Crippen LogP contribution >= 0.6 is 7.82 Å². The molecule has 0 fully saturated rings. The Morgan fingerprint density at radius 2 is 0.792 bits per heavy atom. The van der Waals surface area contributed by atoms with E-state index in [1.165, 1.54) is 238 Å². The minimum absolute atomic E-state index is 0.0142. The number of allylic oxidation sites excluding steroid dienone is 8. The Labute approximate surface area is 479 Å². The van der Waals surface area contributed by atoms with Crippen LogP contribution in [0.4, 0.5) is 0 Å². The highest BCUT2D eigenvalue weighted by atomic mass is 31.2. The van der Waals surface area contributed by atoms with Crippen LogP contribution in [0.5, 0.6) is 0 Å². The lowest BCUT2D eigenvalue weighted by Gasteiger charge is -2.30. The number of carbonyl (C=O) groups is 1. The molecule has 0 radical (unpaired) electrons. The van der Waals surface area contributed by atoms with Crippen LogP contribution in [-0.4, -0.2) is 68.5 Å². The highest BCUT2D eigenvalue weighted by Crippen LogP contribution is 2.38. The number of nitrogens with zero attached hydrogens (tertiary/aromatic N) is 1.